The molecule has 0 amide bonds. The lowest BCUT2D eigenvalue weighted by Gasteiger charge is -2.05. The van der Waals surface area contributed by atoms with Gasteiger partial charge in [0.2, 0.25) is 0 Å². The molecule has 0 N–H and O–H groups in total. The fourth-order valence-corrected chi connectivity index (χ4v) is 0.981. The summed E-state index contributed by atoms with van der Waals surface area (Å²) in [7, 11) is 0. The van der Waals surface area contributed by atoms with E-state index in [-0.39, 0.29) is 0 Å². The average Bonchev–Trinajstić information content (AvgIpc) is 1.77. The van der Waals surface area contributed by atoms with Gasteiger partial charge in [-0.3, -0.25) is 0 Å². The maximum Gasteiger partial charge on any atom is 0.0235 e. The molecule has 0 radical (unpaired) electrons. The number of thiol groups is 2. The molecule has 1 atom stereocenters. The van der Waals surface area contributed by atoms with Crippen LogP contribution in [0.25, 0.3) is 0 Å². The van der Waals surface area contributed by atoms with Gasteiger partial charge in [0.1, 0.15) is 0 Å². The summed E-state index contributed by atoms with van der Waals surface area (Å²) in [6, 6.07) is 0. The summed E-state index contributed by atoms with van der Waals surface area (Å²) in [5.74, 6) is 0. The summed E-state index contributed by atoms with van der Waals surface area (Å²) in [6.45, 7) is 0. The van der Waals surface area contributed by atoms with Gasteiger partial charge in [-0.05, 0) is 11.3 Å². The van der Waals surface area contributed by atoms with E-state index in [9.17, 15) is 0 Å². The number of hydrogen-bond donors (Lipinski definition) is 2. The number of allylic oxidation sites excluding steroid dienone is 2. The van der Waals surface area contributed by atoms with Gasteiger partial charge in [-0.15, -0.1) is 12.6 Å². The predicted molar refractivity (Wildman–Crippen MR) is 43.6 cm³/mol. The first-order valence-electron chi connectivity index (χ1n) is 2.54. The van der Waals surface area contributed by atoms with Gasteiger partial charge in [-0.2, -0.15) is 12.6 Å². The third-order valence-electron chi connectivity index (χ3n) is 1.06. The van der Waals surface area contributed by atoms with Crippen LogP contribution in [0.2, 0.25) is 0 Å². The Labute approximate surface area is 60.5 Å². The average molecular weight is 144 g/mol. The normalized spacial score (nSPS) is 27.8. The van der Waals surface area contributed by atoms with Crippen molar-refractivity contribution < 1.29 is 0 Å². The van der Waals surface area contributed by atoms with Crippen molar-refractivity contribution in [3.63, 3.8) is 0 Å². The quantitative estimate of drug-likeness (QED) is 0.478. The molecular formula is C6H8S2. The standard InChI is InChI=1S/C6H8S2/c7-5-1-2-6(8)4-3-5/h1-3,6-8H,4H2/t6-/m1/s1. The van der Waals surface area contributed by atoms with E-state index in [4.69, 9.17) is 0 Å². The van der Waals surface area contributed by atoms with Crippen molar-refractivity contribution in [2.75, 3.05) is 0 Å². The molecule has 1 aliphatic carbocycles. The fourth-order valence-electron chi connectivity index (χ4n) is 0.598. The zero-order valence-electron chi connectivity index (χ0n) is 4.41. The molecule has 0 saturated carbocycles. The lowest BCUT2D eigenvalue weighted by molar-refractivity contribution is 1.06. The molecule has 8 heavy (non-hydrogen) atoms. The lowest BCUT2D eigenvalue weighted by atomic mass is 10.2. The van der Waals surface area contributed by atoms with Crippen LogP contribution in [0.4, 0.5) is 0 Å². The molecule has 1 aliphatic rings. The largest absolute Gasteiger partial charge is 0.171 e. The van der Waals surface area contributed by atoms with Crippen molar-refractivity contribution in [2.24, 2.45) is 0 Å². The van der Waals surface area contributed by atoms with Crippen LogP contribution in [0.5, 0.6) is 0 Å². The van der Waals surface area contributed by atoms with E-state index >= 15 is 0 Å². The van der Waals surface area contributed by atoms with E-state index in [2.05, 4.69) is 31.3 Å². The van der Waals surface area contributed by atoms with E-state index in [0.29, 0.717) is 5.25 Å². The Morgan fingerprint density at radius 1 is 1.62 bits per heavy atom. The molecule has 1 rings (SSSR count). The van der Waals surface area contributed by atoms with Gasteiger partial charge in [-0.1, -0.05) is 18.2 Å². The molecule has 0 fully saturated rings. The van der Waals surface area contributed by atoms with Crippen LogP contribution in [-0.2, 0) is 0 Å². The smallest absolute Gasteiger partial charge is 0.0235 e. The lowest BCUT2D eigenvalue weighted by Crippen LogP contribution is -1.94. The summed E-state index contributed by atoms with van der Waals surface area (Å²) >= 11 is 8.38. The summed E-state index contributed by atoms with van der Waals surface area (Å²) < 4.78 is 0. The molecular weight excluding hydrogens is 136 g/mol. The van der Waals surface area contributed by atoms with Crippen LogP contribution in [-0.4, -0.2) is 5.25 Å². The molecule has 0 nitrogen and oxygen atoms in total. The maximum absolute atomic E-state index is 4.24. The minimum atomic E-state index is 0.408. The summed E-state index contributed by atoms with van der Waals surface area (Å²) in [4.78, 5) is 1.05. The monoisotopic (exact) mass is 144 g/mol. The first-order valence-corrected chi connectivity index (χ1v) is 3.51. The van der Waals surface area contributed by atoms with E-state index in [1.807, 2.05) is 12.2 Å². The number of hydrogen-bond acceptors (Lipinski definition) is 2. The summed E-state index contributed by atoms with van der Waals surface area (Å²) in [5, 5.41) is 0.408. The van der Waals surface area contributed by atoms with Crippen LogP contribution in [0.1, 0.15) is 6.42 Å². The molecule has 0 bridgehead atoms. The first kappa shape index (κ1) is 6.30. The molecule has 0 aromatic heterocycles. The van der Waals surface area contributed by atoms with Crippen molar-refractivity contribution in [1.29, 1.82) is 0 Å². The Morgan fingerprint density at radius 2 is 2.38 bits per heavy atom. The topological polar surface area (TPSA) is 0 Å². The molecule has 0 aliphatic heterocycles. The Balaban J connectivity index is 2.58. The fraction of sp³-hybridized carbons (Fsp3) is 0.333. The summed E-state index contributed by atoms with van der Waals surface area (Å²) in [5.41, 5.74) is 0. The van der Waals surface area contributed by atoms with Gasteiger partial charge in [0, 0.05) is 5.25 Å². The molecule has 0 heterocycles. The Morgan fingerprint density at radius 3 is 2.75 bits per heavy atom. The molecule has 0 unspecified atom stereocenters. The predicted octanol–water partition coefficient (Wildman–Crippen LogP) is 2.06. The highest BCUT2D eigenvalue weighted by atomic mass is 32.1. The Kier molecular flexibility index (Phi) is 2.08. The second kappa shape index (κ2) is 2.65. The van der Waals surface area contributed by atoms with Gasteiger partial charge in [0.15, 0.2) is 0 Å². The van der Waals surface area contributed by atoms with Gasteiger partial charge in [0.25, 0.3) is 0 Å². The summed E-state index contributed by atoms with van der Waals surface area (Å²) in [6.07, 6.45) is 7.11. The Hall–Kier alpha value is 0.180. The van der Waals surface area contributed by atoms with Crippen molar-refractivity contribution >= 4 is 25.3 Å². The Bertz CT molecular complexity index is 135. The van der Waals surface area contributed by atoms with Crippen LogP contribution in [0.15, 0.2) is 23.1 Å². The van der Waals surface area contributed by atoms with E-state index < -0.39 is 0 Å². The van der Waals surface area contributed by atoms with Crippen molar-refractivity contribution in [2.45, 2.75) is 11.7 Å². The van der Waals surface area contributed by atoms with Crippen molar-refractivity contribution in [3.05, 3.63) is 23.1 Å². The molecule has 0 spiro atoms. The maximum atomic E-state index is 4.24. The van der Waals surface area contributed by atoms with Crippen molar-refractivity contribution in [3.8, 4) is 0 Å². The molecule has 44 valence electrons. The molecule has 0 aromatic carbocycles. The van der Waals surface area contributed by atoms with E-state index in [0.717, 1.165) is 11.3 Å². The van der Waals surface area contributed by atoms with Crippen LogP contribution in [0.3, 0.4) is 0 Å². The first-order chi connectivity index (χ1) is 3.79. The van der Waals surface area contributed by atoms with Gasteiger partial charge >= 0.3 is 0 Å². The van der Waals surface area contributed by atoms with E-state index in [1.165, 1.54) is 0 Å². The highest BCUT2D eigenvalue weighted by molar-refractivity contribution is 7.84. The third-order valence-corrected chi connectivity index (χ3v) is 1.77. The molecule has 0 saturated heterocycles. The highest BCUT2D eigenvalue weighted by Gasteiger charge is 1.99. The third kappa shape index (κ3) is 1.60. The minimum Gasteiger partial charge on any atom is -0.171 e. The van der Waals surface area contributed by atoms with Gasteiger partial charge < -0.3 is 0 Å². The van der Waals surface area contributed by atoms with Crippen LogP contribution in [0, 0.1) is 0 Å². The van der Waals surface area contributed by atoms with Crippen LogP contribution >= 0.6 is 25.3 Å². The highest BCUT2D eigenvalue weighted by Crippen LogP contribution is 2.16. The zero-order valence-corrected chi connectivity index (χ0v) is 6.20. The second-order valence-electron chi connectivity index (χ2n) is 1.79. The molecule has 2 heteroatoms. The van der Waals surface area contributed by atoms with E-state index in [1.54, 1.807) is 0 Å². The minimum absolute atomic E-state index is 0.408. The van der Waals surface area contributed by atoms with Crippen LogP contribution < -0.4 is 0 Å². The number of rotatable bonds is 0. The van der Waals surface area contributed by atoms with Gasteiger partial charge in [0.05, 0.1) is 0 Å². The zero-order chi connectivity index (χ0) is 5.98. The molecule has 0 aromatic rings. The SMILES string of the molecule is SC1=CC[C@H](S)C=C1. The second-order valence-corrected chi connectivity index (χ2v) is 2.97. The van der Waals surface area contributed by atoms with Gasteiger partial charge in [-0.25, -0.2) is 0 Å². The van der Waals surface area contributed by atoms with Crippen molar-refractivity contribution in [1.82, 2.24) is 0 Å².